The first-order valence-electron chi connectivity index (χ1n) is 5.86. The number of urea groups is 1. The number of carbonyl (C=O) groups excluding carboxylic acids is 1. The largest absolute Gasteiger partial charge is 0.334 e. The molecule has 2 N–H and O–H groups in total. The zero-order valence-corrected chi connectivity index (χ0v) is 12.1. The average Bonchev–Trinajstić information content (AvgIpc) is 2.36. The zero-order chi connectivity index (χ0) is 13.7. The van der Waals surface area contributed by atoms with Gasteiger partial charge in [-0.1, -0.05) is 34.1 Å². The Balaban J connectivity index is 1.88. The normalized spacial score (nSPS) is 10.0. The standard InChI is InChI=1S/C14H14BrN3O/c1-10-4-2-7-13(17-10)18-14(19)16-9-11-5-3-6-12(15)8-11/h2-8H,9H2,1H3,(H2,16,17,18,19). The molecule has 0 saturated heterocycles. The second-order valence-electron chi connectivity index (χ2n) is 4.10. The van der Waals surface area contributed by atoms with Gasteiger partial charge < -0.3 is 5.32 Å². The first-order chi connectivity index (χ1) is 9.13. The van der Waals surface area contributed by atoms with E-state index in [0.29, 0.717) is 12.4 Å². The number of aromatic nitrogens is 1. The van der Waals surface area contributed by atoms with Crippen LogP contribution in [-0.4, -0.2) is 11.0 Å². The third-order valence-corrected chi connectivity index (χ3v) is 2.97. The lowest BCUT2D eigenvalue weighted by Crippen LogP contribution is -2.28. The average molecular weight is 320 g/mol. The Bertz CT molecular complexity index is 586. The van der Waals surface area contributed by atoms with E-state index in [0.717, 1.165) is 15.7 Å². The molecule has 2 amide bonds. The highest BCUT2D eigenvalue weighted by Gasteiger charge is 2.02. The van der Waals surface area contributed by atoms with E-state index >= 15 is 0 Å². The summed E-state index contributed by atoms with van der Waals surface area (Å²) >= 11 is 3.39. The molecular formula is C14H14BrN3O. The van der Waals surface area contributed by atoms with Gasteiger partial charge in [-0.25, -0.2) is 9.78 Å². The van der Waals surface area contributed by atoms with E-state index < -0.39 is 0 Å². The smallest absolute Gasteiger partial charge is 0.320 e. The lowest BCUT2D eigenvalue weighted by Gasteiger charge is -2.07. The van der Waals surface area contributed by atoms with Crippen LogP contribution in [0, 0.1) is 6.92 Å². The second kappa shape index (κ2) is 6.33. The van der Waals surface area contributed by atoms with Crippen LogP contribution in [0.25, 0.3) is 0 Å². The summed E-state index contributed by atoms with van der Waals surface area (Å²) in [5, 5.41) is 5.48. The minimum Gasteiger partial charge on any atom is -0.334 e. The molecule has 2 aromatic rings. The van der Waals surface area contributed by atoms with Crippen molar-refractivity contribution in [3.8, 4) is 0 Å². The summed E-state index contributed by atoms with van der Waals surface area (Å²) in [5.41, 5.74) is 1.89. The van der Waals surface area contributed by atoms with E-state index in [1.165, 1.54) is 0 Å². The molecule has 0 aliphatic heterocycles. The molecule has 0 spiro atoms. The highest BCUT2D eigenvalue weighted by Crippen LogP contribution is 2.11. The first-order valence-corrected chi connectivity index (χ1v) is 6.66. The molecule has 1 aromatic heterocycles. The number of pyridine rings is 1. The van der Waals surface area contributed by atoms with Crippen molar-refractivity contribution in [1.82, 2.24) is 10.3 Å². The number of benzene rings is 1. The second-order valence-corrected chi connectivity index (χ2v) is 5.02. The fourth-order valence-corrected chi connectivity index (χ4v) is 2.05. The molecule has 2 rings (SSSR count). The van der Waals surface area contributed by atoms with Crippen molar-refractivity contribution in [2.24, 2.45) is 0 Å². The Labute approximate surface area is 120 Å². The molecule has 0 bridgehead atoms. The Morgan fingerprint density at radius 3 is 2.79 bits per heavy atom. The highest BCUT2D eigenvalue weighted by atomic mass is 79.9. The van der Waals surface area contributed by atoms with E-state index in [2.05, 4.69) is 31.5 Å². The van der Waals surface area contributed by atoms with Crippen LogP contribution in [0.3, 0.4) is 0 Å². The van der Waals surface area contributed by atoms with Gasteiger partial charge in [0.1, 0.15) is 5.82 Å². The van der Waals surface area contributed by atoms with Crippen molar-refractivity contribution in [3.05, 3.63) is 58.2 Å². The van der Waals surface area contributed by atoms with Crippen molar-refractivity contribution >= 4 is 27.8 Å². The fraction of sp³-hybridized carbons (Fsp3) is 0.143. The maximum absolute atomic E-state index is 11.7. The number of carbonyl (C=O) groups is 1. The summed E-state index contributed by atoms with van der Waals surface area (Å²) in [6, 6.07) is 13.0. The molecule has 0 radical (unpaired) electrons. The molecular weight excluding hydrogens is 306 g/mol. The number of amides is 2. The molecule has 0 saturated carbocycles. The number of hydrogen-bond donors (Lipinski definition) is 2. The number of halogens is 1. The van der Waals surface area contributed by atoms with Gasteiger partial charge in [-0.3, -0.25) is 5.32 Å². The molecule has 98 valence electrons. The van der Waals surface area contributed by atoms with Gasteiger partial charge in [0.2, 0.25) is 0 Å². The molecule has 0 aliphatic rings. The molecule has 5 heteroatoms. The van der Waals surface area contributed by atoms with E-state index in [-0.39, 0.29) is 6.03 Å². The lowest BCUT2D eigenvalue weighted by molar-refractivity contribution is 0.251. The van der Waals surface area contributed by atoms with Crippen LogP contribution in [0.15, 0.2) is 46.9 Å². The van der Waals surface area contributed by atoms with E-state index in [4.69, 9.17) is 0 Å². The minimum atomic E-state index is -0.266. The molecule has 0 aliphatic carbocycles. The molecule has 4 nitrogen and oxygen atoms in total. The summed E-state index contributed by atoms with van der Waals surface area (Å²) in [6.07, 6.45) is 0. The fourth-order valence-electron chi connectivity index (χ4n) is 1.60. The summed E-state index contributed by atoms with van der Waals surface area (Å²) in [7, 11) is 0. The van der Waals surface area contributed by atoms with Crippen LogP contribution in [0.4, 0.5) is 10.6 Å². The maximum atomic E-state index is 11.7. The van der Waals surface area contributed by atoms with Gasteiger partial charge in [-0.05, 0) is 36.8 Å². The van der Waals surface area contributed by atoms with Crippen LogP contribution in [0.5, 0.6) is 0 Å². The molecule has 19 heavy (non-hydrogen) atoms. The van der Waals surface area contributed by atoms with Crippen LogP contribution in [0.1, 0.15) is 11.3 Å². The van der Waals surface area contributed by atoms with E-state index in [9.17, 15) is 4.79 Å². The highest BCUT2D eigenvalue weighted by molar-refractivity contribution is 9.10. The molecule has 0 fully saturated rings. The van der Waals surface area contributed by atoms with Crippen LogP contribution < -0.4 is 10.6 Å². The monoisotopic (exact) mass is 319 g/mol. The van der Waals surface area contributed by atoms with Gasteiger partial charge in [0.05, 0.1) is 0 Å². The number of nitrogens with zero attached hydrogens (tertiary/aromatic N) is 1. The zero-order valence-electron chi connectivity index (χ0n) is 10.5. The van der Waals surface area contributed by atoms with Gasteiger partial charge in [0.15, 0.2) is 0 Å². The van der Waals surface area contributed by atoms with E-state index in [1.807, 2.05) is 43.3 Å². The Morgan fingerprint density at radius 1 is 1.26 bits per heavy atom. The van der Waals surface area contributed by atoms with Crippen molar-refractivity contribution in [2.45, 2.75) is 13.5 Å². The quantitative estimate of drug-likeness (QED) is 0.910. The summed E-state index contributed by atoms with van der Waals surface area (Å²) in [5.74, 6) is 0.548. The maximum Gasteiger partial charge on any atom is 0.320 e. The summed E-state index contributed by atoms with van der Waals surface area (Å²) in [4.78, 5) is 15.9. The SMILES string of the molecule is Cc1cccc(NC(=O)NCc2cccc(Br)c2)n1. The third-order valence-electron chi connectivity index (χ3n) is 2.47. The Kier molecular flexibility index (Phi) is 4.52. The van der Waals surface area contributed by atoms with Crippen LogP contribution >= 0.6 is 15.9 Å². The summed E-state index contributed by atoms with van der Waals surface area (Å²) in [6.45, 7) is 2.35. The van der Waals surface area contributed by atoms with Crippen LogP contribution in [-0.2, 0) is 6.54 Å². The number of rotatable bonds is 3. The van der Waals surface area contributed by atoms with Gasteiger partial charge >= 0.3 is 6.03 Å². The number of anilines is 1. The van der Waals surface area contributed by atoms with Gasteiger partial charge in [-0.2, -0.15) is 0 Å². The predicted octanol–water partition coefficient (Wildman–Crippen LogP) is 3.47. The van der Waals surface area contributed by atoms with Crippen molar-refractivity contribution in [1.29, 1.82) is 0 Å². The molecule has 1 heterocycles. The van der Waals surface area contributed by atoms with Gasteiger partial charge in [0.25, 0.3) is 0 Å². The summed E-state index contributed by atoms with van der Waals surface area (Å²) < 4.78 is 0.993. The van der Waals surface area contributed by atoms with Gasteiger partial charge in [0, 0.05) is 16.7 Å². The molecule has 0 atom stereocenters. The first kappa shape index (κ1) is 13.5. The Morgan fingerprint density at radius 2 is 2.05 bits per heavy atom. The topological polar surface area (TPSA) is 54.0 Å². The third kappa shape index (κ3) is 4.37. The predicted molar refractivity (Wildman–Crippen MR) is 79.0 cm³/mol. The van der Waals surface area contributed by atoms with Gasteiger partial charge in [-0.15, -0.1) is 0 Å². The number of nitrogens with one attached hydrogen (secondary N) is 2. The minimum absolute atomic E-state index is 0.266. The number of hydrogen-bond acceptors (Lipinski definition) is 2. The lowest BCUT2D eigenvalue weighted by atomic mass is 10.2. The number of aryl methyl sites for hydroxylation is 1. The molecule has 0 unspecified atom stereocenters. The molecule has 1 aromatic carbocycles. The van der Waals surface area contributed by atoms with Crippen molar-refractivity contribution in [3.63, 3.8) is 0 Å². The van der Waals surface area contributed by atoms with Crippen molar-refractivity contribution < 1.29 is 4.79 Å². The van der Waals surface area contributed by atoms with Crippen molar-refractivity contribution in [2.75, 3.05) is 5.32 Å². The Hall–Kier alpha value is -1.88. The van der Waals surface area contributed by atoms with E-state index in [1.54, 1.807) is 6.07 Å². The van der Waals surface area contributed by atoms with Crippen LogP contribution in [0.2, 0.25) is 0 Å².